The average molecular weight is 194 g/mol. The van der Waals surface area contributed by atoms with Crippen LogP contribution in [-0.4, -0.2) is 30.6 Å². The van der Waals surface area contributed by atoms with Crippen molar-refractivity contribution in [1.82, 2.24) is 4.90 Å². The van der Waals surface area contributed by atoms with E-state index in [0.29, 0.717) is 6.04 Å². The Hall–Kier alpha value is -0.520. The van der Waals surface area contributed by atoms with Crippen LogP contribution in [-0.2, 0) is 0 Å². The first-order valence-corrected chi connectivity index (χ1v) is 5.72. The summed E-state index contributed by atoms with van der Waals surface area (Å²) < 4.78 is 0. The van der Waals surface area contributed by atoms with E-state index in [4.69, 9.17) is 12.2 Å². The summed E-state index contributed by atoms with van der Waals surface area (Å²) in [6.07, 6.45) is 10.3. The summed E-state index contributed by atoms with van der Waals surface area (Å²) in [6, 6.07) is 0.355. The van der Waals surface area contributed by atoms with Gasteiger partial charge in [-0.3, -0.25) is 4.90 Å². The number of terminal acetylenes is 1. The van der Waals surface area contributed by atoms with E-state index in [0.717, 1.165) is 32.0 Å². The molecule has 14 heavy (non-hydrogen) atoms. The molecule has 2 nitrogen and oxygen atoms in total. The van der Waals surface area contributed by atoms with E-state index in [2.05, 4.69) is 17.7 Å². The van der Waals surface area contributed by atoms with Gasteiger partial charge in [-0.25, -0.2) is 0 Å². The minimum atomic E-state index is 0.355. The van der Waals surface area contributed by atoms with Gasteiger partial charge in [0.15, 0.2) is 0 Å². The van der Waals surface area contributed by atoms with Gasteiger partial charge in [-0.1, -0.05) is 12.8 Å². The number of rotatable bonds is 4. The zero-order chi connectivity index (χ0) is 10.4. The highest BCUT2D eigenvalue weighted by Gasteiger charge is 2.22. The summed E-state index contributed by atoms with van der Waals surface area (Å²) in [5, 5.41) is 0. The first kappa shape index (κ1) is 11.6. The third-order valence-corrected chi connectivity index (χ3v) is 3.24. The predicted octanol–water partition coefficient (Wildman–Crippen LogP) is 1.46. The molecule has 0 aliphatic carbocycles. The van der Waals surface area contributed by atoms with Crippen LogP contribution in [0.2, 0.25) is 0 Å². The molecule has 2 heteroatoms. The Morgan fingerprint density at radius 2 is 2.14 bits per heavy atom. The summed E-state index contributed by atoms with van der Waals surface area (Å²) in [6.45, 7) is 5.31. The fraction of sp³-hybridized carbons (Fsp3) is 0.833. The second-order valence-electron chi connectivity index (χ2n) is 4.15. The van der Waals surface area contributed by atoms with Crippen molar-refractivity contribution < 1.29 is 0 Å². The molecule has 0 spiro atoms. The zero-order valence-electron chi connectivity index (χ0n) is 9.21. The smallest absolute Gasteiger partial charge is 0.0709 e. The van der Waals surface area contributed by atoms with Crippen LogP contribution in [0.1, 0.15) is 32.6 Å². The van der Waals surface area contributed by atoms with Crippen molar-refractivity contribution in [3.63, 3.8) is 0 Å². The second-order valence-corrected chi connectivity index (χ2v) is 4.15. The van der Waals surface area contributed by atoms with Crippen molar-refractivity contribution in [2.75, 3.05) is 19.6 Å². The molecule has 1 aliphatic rings. The molecule has 0 aromatic heterocycles. The molecule has 1 heterocycles. The van der Waals surface area contributed by atoms with Gasteiger partial charge in [0.25, 0.3) is 0 Å². The Labute approximate surface area is 87.8 Å². The van der Waals surface area contributed by atoms with Gasteiger partial charge in [0, 0.05) is 0 Å². The van der Waals surface area contributed by atoms with E-state index >= 15 is 0 Å². The molecular formula is C12H22N2. The predicted molar refractivity (Wildman–Crippen MR) is 60.9 cm³/mol. The molecule has 0 aromatic carbocycles. The van der Waals surface area contributed by atoms with Gasteiger partial charge in [0.2, 0.25) is 0 Å². The Bertz CT molecular complexity index is 187. The third-order valence-electron chi connectivity index (χ3n) is 3.24. The topological polar surface area (TPSA) is 29.3 Å². The second kappa shape index (κ2) is 6.06. The van der Waals surface area contributed by atoms with Crippen LogP contribution in [0, 0.1) is 18.3 Å². The minimum absolute atomic E-state index is 0.355. The number of piperidine rings is 1. The van der Waals surface area contributed by atoms with E-state index in [1.165, 1.54) is 19.3 Å². The van der Waals surface area contributed by atoms with Gasteiger partial charge in [-0.15, -0.1) is 6.42 Å². The highest BCUT2D eigenvalue weighted by molar-refractivity contribution is 5.00. The molecule has 0 radical (unpaired) electrons. The van der Waals surface area contributed by atoms with Crippen LogP contribution >= 0.6 is 0 Å². The van der Waals surface area contributed by atoms with Gasteiger partial charge >= 0.3 is 0 Å². The molecule has 1 aliphatic heterocycles. The molecule has 0 bridgehead atoms. The Kier molecular flexibility index (Phi) is 5.00. The molecule has 0 amide bonds. The van der Waals surface area contributed by atoms with Gasteiger partial charge < -0.3 is 5.73 Å². The Morgan fingerprint density at radius 3 is 2.57 bits per heavy atom. The third kappa shape index (κ3) is 3.01. The molecule has 1 saturated heterocycles. The lowest BCUT2D eigenvalue weighted by Crippen LogP contribution is -2.40. The van der Waals surface area contributed by atoms with Crippen molar-refractivity contribution in [3.05, 3.63) is 0 Å². The number of nitrogens with two attached hydrogens (primary N) is 1. The molecule has 0 aromatic rings. The molecule has 1 atom stereocenters. The first-order chi connectivity index (χ1) is 6.81. The highest BCUT2D eigenvalue weighted by Crippen LogP contribution is 2.21. The highest BCUT2D eigenvalue weighted by atomic mass is 15.2. The first-order valence-electron chi connectivity index (χ1n) is 5.72. The van der Waals surface area contributed by atoms with Crippen LogP contribution < -0.4 is 5.73 Å². The number of likely N-dealkylation sites (tertiary alicyclic amines) is 1. The molecule has 0 saturated carbocycles. The van der Waals surface area contributed by atoms with E-state index in [-0.39, 0.29) is 0 Å². The van der Waals surface area contributed by atoms with E-state index in [1.807, 2.05) is 0 Å². The van der Waals surface area contributed by atoms with Crippen LogP contribution in [0.15, 0.2) is 0 Å². The van der Waals surface area contributed by atoms with Crippen molar-refractivity contribution in [2.45, 2.75) is 38.6 Å². The lowest BCUT2D eigenvalue weighted by Gasteiger charge is -2.34. The van der Waals surface area contributed by atoms with Gasteiger partial charge in [-0.05, 0) is 51.2 Å². The fourth-order valence-corrected chi connectivity index (χ4v) is 2.27. The molecule has 80 valence electrons. The van der Waals surface area contributed by atoms with Crippen LogP contribution in [0.3, 0.4) is 0 Å². The van der Waals surface area contributed by atoms with Gasteiger partial charge in [-0.2, -0.15) is 0 Å². The fourth-order valence-electron chi connectivity index (χ4n) is 2.27. The van der Waals surface area contributed by atoms with Crippen molar-refractivity contribution in [1.29, 1.82) is 0 Å². The quantitative estimate of drug-likeness (QED) is 0.687. The monoisotopic (exact) mass is 194 g/mol. The van der Waals surface area contributed by atoms with Gasteiger partial charge in [0.05, 0.1) is 6.04 Å². The molecule has 1 fully saturated rings. The Balaban J connectivity index is 2.31. The van der Waals surface area contributed by atoms with E-state index < -0.39 is 0 Å². The van der Waals surface area contributed by atoms with E-state index in [9.17, 15) is 0 Å². The van der Waals surface area contributed by atoms with Crippen LogP contribution in [0.25, 0.3) is 0 Å². The maximum Gasteiger partial charge on any atom is 0.0709 e. The summed E-state index contributed by atoms with van der Waals surface area (Å²) in [7, 11) is 0. The lowest BCUT2D eigenvalue weighted by atomic mass is 9.92. The molecule has 2 N–H and O–H groups in total. The molecular weight excluding hydrogens is 172 g/mol. The normalized spacial score (nSPS) is 21.8. The SMILES string of the molecule is C#CC(CC)N1CCC(CCN)CC1. The largest absolute Gasteiger partial charge is 0.330 e. The van der Waals surface area contributed by atoms with Crippen molar-refractivity contribution in [2.24, 2.45) is 11.7 Å². The summed E-state index contributed by atoms with van der Waals surface area (Å²) in [5.41, 5.74) is 5.56. The lowest BCUT2D eigenvalue weighted by molar-refractivity contribution is 0.153. The van der Waals surface area contributed by atoms with Crippen LogP contribution in [0.5, 0.6) is 0 Å². The maximum atomic E-state index is 5.56. The van der Waals surface area contributed by atoms with Crippen molar-refractivity contribution >= 4 is 0 Å². The molecule has 1 unspecified atom stereocenters. The van der Waals surface area contributed by atoms with Gasteiger partial charge in [0.1, 0.15) is 0 Å². The molecule has 1 rings (SSSR count). The minimum Gasteiger partial charge on any atom is -0.330 e. The van der Waals surface area contributed by atoms with Crippen molar-refractivity contribution in [3.8, 4) is 12.3 Å². The number of hydrogen-bond donors (Lipinski definition) is 1. The summed E-state index contributed by atoms with van der Waals surface area (Å²) in [4.78, 5) is 2.44. The van der Waals surface area contributed by atoms with Crippen LogP contribution in [0.4, 0.5) is 0 Å². The average Bonchev–Trinajstić information content (AvgIpc) is 2.23. The summed E-state index contributed by atoms with van der Waals surface area (Å²) in [5.74, 6) is 3.71. The summed E-state index contributed by atoms with van der Waals surface area (Å²) >= 11 is 0. The number of nitrogens with zero attached hydrogens (tertiary/aromatic N) is 1. The number of hydrogen-bond acceptors (Lipinski definition) is 2. The Morgan fingerprint density at radius 1 is 1.50 bits per heavy atom. The zero-order valence-corrected chi connectivity index (χ0v) is 9.21. The van der Waals surface area contributed by atoms with E-state index in [1.54, 1.807) is 0 Å². The standard InChI is InChI=1S/C12H22N2/c1-3-12(4-2)14-9-6-11(5-8-13)7-10-14/h1,11-12H,4-10,13H2,2H3. The maximum absolute atomic E-state index is 5.56.